The zero-order valence-electron chi connectivity index (χ0n) is 24.0. The quantitative estimate of drug-likeness (QED) is 0.310. The van der Waals surface area contributed by atoms with Crippen molar-refractivity contribution in [1.29, 1.82) is 0 Å². The van der Waals surface area contributed by atoms with Crippen LogP contribution in [0.15, 0.2) is 89.8 Å². The van der Waals surface area contributed by atoms with Gasteiger partial charge in [0.25, 0.3) is 10.0 Å². The van der Waals surface area contributed by atoms with Gasteiger partial charge in [-0.3, -0.25) is 13.9 Å². The molecule has 0 aliphatic heterocycles. The van der Waals surface area contributed by atoms with E-state index in [9.17, 15) is 18.0 Å². The van der Waals surface area contributed by atoms with Crippen LogP contribution < -0.4 is 9.62 Å². The first-order valence-electron chi connectivity index (χ1n) is 14.6. The van der Waals surface area contributed by atoms with Gasteiger partial charge in [-0.25, -0.2) is 8.42 Å². The van der Waals surface area contributed by atoms with Gasteiger partial charge in [-0.15, -0.1) is 0 Å². The number of carbonyl (C=O) groups is 2. The van der Waals surface area contributed by atoms with Crippen LogP contribution >= 0.6 is 0 Å². The number of nitrogens with one attached hydrogen (secondary N) is 1. The highest BCUT2D eigenvalue weighted by atomic mass is 32.2. The third-order valence-corrected chi connectivity index (χ3v) is 9.59. The predicted molar refractivity (Wildman–Crippen MR) is 163 cm³/mol. The summed E-state index contributed by atoms with van der Waals surface area (Å²) >= 11 is 0. The molecule has 0 unspecified atom stereocenters. The number of hydrogen-bond donors (Lipinski definition) is 1. The fourth-order valence-electron chi connectivity index (χ4n) is 5.52. The Kier molecular flexibility index (Phi) is 10.6. The summed E-state index contributed by atoms with van der Waals surface area (Å²) < 4.78 is 29.1. The van der Waals surface area contributed by atoms with E-state index in [1.54, 1.807) is 35.2 Å². The SMILES string of the molecule is CC[C@H](C(=O)NC1CCCCC1)N(CCc1ccccc1)C(=O)CN(c1ccccc1C)S(=O)(=O)c1ccccc1. The molecule has 1 saturated carbocycles. The third kappa shape index (κ3) is 7.76. The van der Waals surface area contributed by atoms with Crippen molar-refractivity contribution in [3.63, 3.8) is 0 Å². The normalized spacial score (nSPS) is 14.7. The summed E-state index contributed by atoms with van der Waals surface area (Å²) in [5, 5.41) is 3.19. The van der Waals surface area contributed by atoms with Gasteiger partial charge in [0, 0.05) is 12.6 Å². The molecule has 4 rings (SSSR count). The molecule has 1 aliphatic carbocycles. The van der Waals surface area contributed by atoms with Crippen LogP contribution in [0.25, 0.3) is 0 Å². The molecule has 1 fully saturated rings. The van der Waals surface area contributed by atoms with Crippen molar-refractivity contribution in [2.45, 2.75) is 75.8 Å². The number of anilines is 1. The Hall–Kier alpha value is -3.65. The van der Waals surface area contributed by atoms with Crippen molar-refractivity contribution in [2.24, 2.45) is 0 Å². The van der Waals surface area contributed by atoms with Gasteiger partial charge >= 0.3 is 0 Å². The number of rotatable bonds is 12. The van der Waals surface area contributed by atoms with E-state index in [1.807, 2.05) is 56.3 Å². The number of nitrogens with zero attached hydrogens (tertiary/aromatic N) is 2. The fraction of sp³-hybridized carbons (Fsp3) is 0.394. The Balaban J connectivity index is 1.66. The monoisotopic (exact) mass is 575 g/mol. The van der Waals surface area contributed by atoms with Crippen molar-refractivity contribution < 1.29 is 18.0 Å². The van der Waals surface area contributed by atoms with E-state index in [0.29, 0.717) is 25.1 Å². The summed E-state index contributed by atoms with van der Waals surface area (Å²) in [6.45, 7) is 3.61. The lowest BCUT2D eigenvalue weighted by atomic mass is 9.95. The lowest BCUT2D eigenvalue weighted by molar-refractivity contribution is -0.140. The van der Waals surface area contributed by atoms with Crippen LogP contribution in [0.1, 0.15) is 56.6 Å². The first-order valence-corrected chi connectivity index (χ1v) is 16.0. The largest absolute Gasteiger partial charge is 0.352 e. The molecule has 0 spiro atoms. The summed E-state index contributed by atoms with van der Waals surface area (Å²) in [5.74, 6) is -0.580. The number of amides is 2. The zero-order valence-corrected chi connectivity index (χ0v) is 24.9. The molecule has 8 heteroatoms. The number of carbonyl (C=O) groups excluding carboxylic acids is 2. The molecule has 3 aromatic carbocycles. The summed E-state index contributed by atoms with van der Waals surface area (Å²) in [7, 11) is -4.06. The average molecular weight is 576 g/mol. The van der Waals surface area contributed by atoms with Gasteiger partial charge in [0.15, 0.2) is 0 Å². The molecule has 1 N–H and O–H groups in total. The molecule has 0 aromatic heterocycles. The number of aryl methyl sites for hydroxylation is 1. The van der Waals surface area contributed by atoms with E-state index >= 15 is 0 Å². The molecule has 0 heterocycles. The van der Waals surface area contributed by atoms with E-state index in [4.69, 9.17) is 0 Å². The first kappa shape index (κ1) is 30.3. The van der Waals surface area contributed by atoms with E-state index in [-0.39, 0.29) is 16.8 Å². The van der Waals surface area contributed by atoms with E-state index in [0.717, 1.165) is 36.8 Å². The Labute approximate surface area is 244 Å². The number of para-hydroxylation sites is 1. The Morgan fingerprint density at radius 3 is 2.12 bits per heavy atom. The van der Waals surface area contributed by atoms with Crippen LogP contribution in [0.4, 0.5) is 5.69 Å². The second-order valence-corrected chi connectivity index (χ2v) is 12.6. The minimum Gasteiger partial charge on any atom is -0.352 e. The summed E-state index contributed by atoms with van der Waals surface area (Å²) in [5.41, 5.74) is 2.21. The van der Waals surface area contributed by atoms with Crippen LogP contribution in [0.5, 0.6) is 0 Å². The summed E-state index contributed by atoms with van der Waals surface area (Å²) in [4.78, 5) is 29.5. The van der Waals surface area contributed by atoms with Crippen molar-refractivity contribution >= 4 is 27.5 Å². The number of hydrogen-bond acceptors (Lipinski definition) is 4. The van der Waals surface area contributed by atoms with Crippen molar-refractivity contribution in [3.8, 4) is 0 Å². The van der Waals surface area contributed by atoms with Gasteiger partial charge in [-0.2, -0.15) is 0 Å². The molecule has 3 aromatic rings. The van der Waals surface area contributed by atoms with E-state index in [2.05, 4.69) is 5.32 Å². The highest BCUT2D eigenvalue weighted by Crippen LogP contribution is 2.27. The molecule has 7 nitrogen and oxygen atoms in total. The maximum atomic E-state index is 14.2. The Bertz CT molecular complexity index is 1390. The van der Waals surface area contributed by atoms with Gasteiger partial charge in [0.1, 0.15) is 12.6 Å². The fourth-order valence-corrected chi connectivity index (χ4v) is 7.02. The smallest absolute Gasteiger partial charge is 0.264 e. The van der Waals surface area contributed by atoms with Crippen molar-refractivity contribution in [1.82, 2.24) is 10.2 Å². The average Bonchev–Trinajstić information content (AvgIpc) is 2.99. The molecule has 1 aliphatic rings. The summed E-state index contributed by atoms with van der Waals surface area (Å²) in [6, 6.07) is 24.5. The van der Waals surface area contributed by atoms with Crippen LogP contribution in [0.3, 0.4) is 0 Å². The Morgan fingerprint density at radius 2 is 1.49 bits per heavy atom. The molecule has 1 atom stereocenters. The van der Waals surface area contributed by atoms with Crippen LogP contribution in [0, 0.1) is 6.92 Å². The summed E-state index contributed by atoms with van der Waals surface area (Å²) in [6.07, 6.45) is 6.20. The van der Waals surface area contributed by atoms with Crippen LogP contribution in [-0.2, 0) is 26.0 Å². The van der Waals surface area contributed by atoms with Crippen molar-refractivity contribution in [2.75, 3.05) is 17.4 Å². The van der Waals surface area contributed by atoms with Crippen molar-refractivity contribution in [3.05, 3.63) is 96.1 Å². The number of sulfonamides is 1. The van der Waals surface area contributed by atoms with Gasteiger partial charge in [-0.05, 0) is 61.9 Å². The topological polar surface area (TPSA) is 86.8 Å². The van der Waals surface area contributed by atoms with Gasteiger partial charge in [-0.1, -0.05) is 92.9 Å². The molecular formula is C33H41N3O4S. The maximum Gasteiger partial charge on any atom is 0.264 e. The lowest BCUT2D eigenvalue weighted by Crippen LogP contribution is -2.54. The highest BCUT2D eigenvalue weighted by molar-refractivity contribution is 7.92. The minimum absolute atomic E-state index is 0.106. The van der Waals surface area contributed by atoms with E-state index < -0.39 is 28.5 Å². The lowest BCUT2D eigenvalue weighted by Gasteiger charge is -2.34. The molecule has 0 radical (unpaired) electrons. The molecule has 0 bridgehead atoms. The van der Waals surface area contributed by atoms with Crippen LogP contribution in [-0.4, -0.2) is 50.3 Å². The molecule has 0 saturated heterocycles. The standard InChI is InChI=1S/C33H41N3O4S/c1-3-30(33(38)34-28-18-9-5-10-19-28)35(24-23-27-16-7-4-8-17-27)32(37)25-36(31-22-14-13-15-26(31)2)41(39,40)29-20-11-6-12-21-29/h4,6-8,11-17,20-22,28,30H,3,5,9-10,18-19,23-25H2,1-2H3,(H,34,38)/t30-/m1/s1. The second kappa shape index (κ2) is 14.3. The van der Waals surface area contributed by atoms with Gasteiger partial charge in [0.2, 0.25) is 11.8 Å². The minimum atomic E-state index is -4.06. The predicted octanol–water partition coefficient (Wildman–Crippen LogP) is 5.49. The molecule has 2 amide bonds. The third-order valence-electron chi connectivity index (χ3n) is 7.82. The molecule has 41 heavy (non-hydrogen) atoms. The van der Waals surface area contributed by atoms with Gasteiger partial charge in [0.05, 0.1) is 10.6 Å². The van der Waals surface area contributed by atoms with E-state index in [1.165, 1.54) is 22.9 Å². The zero-order chi connectivity index (χ0) is 29.2. The Morgan fingerprint density at radius 1 is 0.878 bits per heavy atom. The van der Waals surface area contributed by atoms with Gasteiger partial charge < -0.3 is 10.2 Å². The van der Waals surface area contributed by atoms with Crippen LogP contribution in [0.2, 0.25) is 0 Å². The molecular weight excluding hydrogens is 534 g/mol. The molecule has 218 valence electrons. The number of benzene rings is 3. The second-order valence-electron chi connectivity index (χ2n) is 10.7. The first-order chi connectivity index (χ1) is 19.8. The highest BCUT2D eigenvalue weighted by Gasteiger charge is 2.34. The maximum absolute atomic E-state index is 14.2.